The SMILES string of the molecule is C\C=C/C=C(\C=C\C1SC(c2ccc(F)cc2)=NN1C(=O)c1ccccc1O)OCC(=O)NC(C)CO. The van der Waals surface area contributed by atoms with E-state index in [0.29, 0.717) is 16.4 Å². The summed E-state index contributed by atoms with van der Waals surface area (Å²) < 4.78 is 19.1. The van der Waals surface area contributed by atoms with Gasteiger partial charge in [-0.15, -0.1) is 0 Å². The van der Waals surface area contributed by atoms with Gasteiger partial charge in [-0.1, -0.05) is 36.0 Å². The number of nitrogens with one attached hydrogen (secondary N) is 1. The lowest BCUT2D eigenvalue weighted by atomic mass is 10.2. The molecule has 2 amide bonds. The highest BCUT2D eigenvalue weighted by molar-refractivity contribution is 8.15. The number of hydrazone groups is 1. The fourth-order valence-electron chi connectivity index (χ4n) is 3.15. The van der Waals surface area contributed by atoms with E-state index in [1.165, 1.54) is 41.0 Å². The van der Waals surface area contributed by atoms with E-state index in [1.54, 1.807) is 61.6 Å². The topological polar surface area (TPSA) is 111 Å². The summed E-state index contributed by atoms with van der Waals surface area (Å²) in [6.07, 6.45) is 8.50. The number of aliphatic hydroxyl groups excluding tert-OH is 1. The second kappa shape index (κ2) is 13.4. The normalized spacial score (nSPS) is 16.8. The number of hydrogen-bond donors (Lipinski definition) is 3. The molecule has 0 saturated heterocycles. The second-order valence-electron chi connectivity index (χ2n) is 7.98. The maximum Gasteiger partial charge on any atom is 0.279 e. The number of carbonyl (C=O) groups is 2. The minimum absolute atomic E-state index is 0.0845. The molecule has 37 heavy (non-hydrogen) atoms. The highest BCUT2D eigenvalue weighted by Crippen LogP contribution is 2.33. The minimum atomic E-state index is -0.618. The number of halogens is 1. The van der Waals surface area contributed by atoms with E-state index in [2.05, 4.69) is 10.4 Å². The minimum Gasteiger partial charge on any atom is -0.507 e. The van der Waals surface area contributed by atoms with Crippen molar-refractivity contribution in [1.82, 2.24) is 10.3 Å². The van der Waals surface area contributed by atoms with Gasteiger partial charge in [-0.05, 0) is 68.5 Å². The van der Waals surface area contributed by atoms with Gasteiger partial charge < -0.3 is 20.3 Å². The zero-order chi connectivity index (χ0) is 26.8. The van der Waals surface area contributed by atoms with Gasteiger partial charge in [0.15, 0.2) is 6.61 Å². The number of ether oxygens (including phenoxy) is 1. The molecule has 0 aliphatic carbocycles. The fraction of sp³-hybridized carbons (Fsp3) is 0.222. The number of aliphatic hydroxyl groups is 1. The summed E-state index contributed by atoms with van der Waals surface area (Å²) in [5.41, 5.74) is 0.717. The number of phenolic OH excluding ortho intramolecular Hbond substituents is 1. The first-order chi connectivity index (χ1) is 17.8. The molecule has 2 aromatic rings. The van der Waals surface area contributed by atoms with E-state index < -0.39 is 23.2 Å². The third-order valence-corrected chi connectivity index (χ3v) is 6.17. The number of thioether (sulfide) groups is 1. The summed E-state index contributed by atoms with van der Waals surface area (Å²) >= 11 is 1.26. The van der Waals surface area contributed by atoms with Gasteiger partial charge in [0.05, 0.1) is 12.2 Å². The smallest absolute Gasteiger partial charge is 0.279 e. The molecule has 194 valence electrons. The van der Waals surface area contributed by atoms with Gasteiger partial charge in [0.1, 0.15) is 27.7 Å². The summed E-state index contributed by atoms with van der Waals surface area (Å²) in [5, 5.41) is 27.5. The van der Waals surface area contributed by atoms with Crippen molar-refractivity contribution in [3.8, 4) is 5.75 Å². The Kier molecular flexibility index (Phi) is 10.0. The number of amides is 2. The number of allylic oxidation sites excluding steroid dienone is 4. The van der Waals surface area contributed by atoms with E-state index in [4.69, 9.17) is 9.84 Å². The van der Waals surface area contributed by atoms with Gasteiger partial charge in [-0.2, -0.15) is 5.10 Å². The van der Waals surface area contributed by atoms with Crippen LogP contribution in [0.15, 0.2) is 89.8 Å². The van der Waals surface area contributed by atoms with E-state index >= 15 is 0 Å². The Hall–Kier alpha value is -3.89. The predicted octanol–water partition coefficient (Wildman–Crippen LogP) is 3.94. The Morgan fingerprint density at radius 2 is 1.97 bits per heavy atom. The summed E-state index contributed by atoms with van der Waals surface area (Å²) in [7, 11) is 0. The molecular weight excluding hydrogens is 497 g/mol. The van der Waals surface area contributed by atoms with Gasteiger partial charge in [0.25, 0.3) is 11.8 Å². The number of para-hydroxylation sites is 1. The van der Waals surface area contributed by atoms with Crippen molar-refractivity contribution >= 4 is 28.6 Å². The molecule has 0 aromatic heterocycles. The maximum absolute atomic E-state index is 13.4. The number of aromatic hydroxyl groups is 1. The van der Waals surface area contributed by atoms with Crippen molar-refractivity contribution in [3.05, 3.63) is 102 Å². The molecule has 3 rings (SSSR count). The van der Waals surface area contributed by atoms with Crippen LogP contribution in [0.5, 0.6) is 5.75 Å². The van der Waals surface area contributed by atoms with Crippen molar-refractivity contribution in [3.63, 3.8) is 0 Å². The fourth-order valence-corrected chi connectivity index (χ4v) is 4.19. The van der Waals surface area contributed by atoms with Gasteiger partial charge >= 0.3 is 0 Å². The van der Waals surface area contributed by atoms with Crippen LogP contribution in [-0.2, 0) is 9.53 Å². The third-order valence-electron chi connectivity index (χ3n) is 5.03. The van der Waals surface area contributed by atoms with Gasteiger partial charge in [-0.25, -0.2) is 9.40 Å². The van der Waals surface area contributed by atoms with Crippen LogP contribution >= 0.6 is 11.8 Å². The molecule has 8 nitrogen and oxygen atoms in total. The van der Waals surface area contributed by atoms with Crippen LogP contribution in [0.4, 0.5) is 4.39 Å². The van der Waals surface area contributed by atoms with Crippen LogP contribution in [0.25, 0.3) is 0 Å². The Bertz CT molecular complexity index is 1230. The molecule has 1 aliphatic heterocycles. The van der Waals surface area contributed by atoms with Crippen molar-refractivity contribution in [2.24, 2.45) is 5.10 Å². The number of rotatable bonds is 10. The molecule has 1 heterocycles. The molecule has 0 bridgehead atoms. The Morgan fingerprint density at radius 1 is 1.24 bits per heavy atom. The van der Waals surface area contributed by atoms with Crippen molar-refractivity contribution in [2.45, 2.75) is 25.3 Å². The number of hydrogen-bond acceptors (Lipinski definition) is 7. The first kappa shape index (κ1) is 27.7. The Labute approximate surface area is 218 Å². The van der Waals surface area contributed by atoms with Gasteiger partial charge in [0.2, 0.25) is 0 Å². The Balaban J connectivity index is 1.85. The average molecular weight is 526 g/mol. The number of carbonyl (C=O) groups excluding carboxylic acids is 2. The van der Waals surface area contributed by atoms with Gasteiger partial charge in [-0.3, -0.25) is 9.59 Å². The third kappa shape index (κ3) is 7.80. The summed E-state index contributed by atoms with van der Waals surface area (Å²) in [4.78, 5) is 25.4. The summed E-state index contributed by atoms with van der Waals surface area (Å²) in [6.45, 7) is 3.03. The monoisotopic (exact) mass is 525 g/mol. The quantitative estimate of drug-likeness (QED) is 0.320. The predicted molar refractivity (Wildman–Crippen MR) is 141 cm³/mol. The molecule has 0 fully saturated rings. The Morgan fingerprint density at radius 3 is 2.65 bits per heavy atom. The van der Waals surface area contributed by atoms with Crippen LogP contribution in [0, 0.1) is 5.82 Å². The molecule has 2 unspecified atom stereocenters. The summed E-state index contributed by atoms with van der Waals surface area (Å²) in [5.74, 6) is -1.12. The molecule has 0 saturated carbocycles. The van der Waals surface area contributed by atoms with Crippen LogP contribution in [0.3, 0.4) is 0 Å². The lowest BCUT2D eigenvalue weighted by Gasteiger charge is -2.18. The molecule has 3 N–H and O–H groups in total. The second-order valence-corrected chi connectivity index (χ2v) is 9.09. The van der Waals surface area contributed by atoms with Crippen LogP contribution in [0.1, 0.15) is 29.8 Å². The van der Waals surface area contributed by atoms with Crippen molar-refractivity contribution in [2.75, 3.05) is 13.2 Å². The van der Waals surface area contributed by atoms with Crippen LogP contribution < -0.4 is 5.32 Å². The largest absolute Gasteiger partial charge is 0.507 e. The first-order valence-electron chi connectivity index (χ1n) is 11.5. The molecule has 2 aromatic carbocycles. The van der Waals surface area contributed by atoms with Crippen molar-refractivity contribution < 1.29 is 28.9 Å². The zero-order valence-electron chi connectivity index (χ0n) is 20.4. The van der Waals surface area contributed by atoms with E-state index in [0.717, 1.165) is 0 Å². The number of benzene rings is 2. The highest BCUT2D eigenvalue weighted by atomic mass is 32.2. The van der Waals surface area contributed by atoms with E-state index in [-0.39, 0.29) is 30.3 Å². The van der Waals surface area contributed by atoms with Gasteiger partial charge in [0, 0.05) is 11.6 Å². The zero-order valence-corrected chi connectivity index (χ0v) is 21.2. The van der Waals surface area contributed by atoms with E-state index in [9.17, 15) is 19.1 Å². The molecule has 2 atom stereocenters. The first-order valence-corrected chi connectivity index (χ1v) is 12.4. The molecule has 0 spiro atoms. The number of nitrogens with zero attached hydrogens (tertiary/aromatic N) is 2. The summed E-state index contributed by atoms with van der Waals surface area (Å²) in [6, 6.07) is 11.5. The maximum atomic E-state index is 13.4. The molecule has 0 radical (unpaired) electrons. The highest BCUT2D eigenvalue weighted by Gasteiger charge is 2.33. The number of phenols is 1. The molecular formula is C27H28FN3O5S. The van der Waals surface area contributed by atoms with Crippen molar-refractivity contribution in [1.29, 1.82) is 0 Å². The van der Waals surface area contributed by atoms with Crippen LogP contribution in [-0.4, -0.2) is 56.7 Å². The standard InChI is InChI=1S/C27H28FN3O5S/c1-3-4-7-21(36-17-24(34)29-18(2)16-32)14-15-25-31(27(35)22-8-5-6-9-23(22)33)30-26(37-25)19-10-12-20(28)13-11-19/h3-15,18,25,32-33H,16-17H2,1-2H3,(H,29,34)/b4-3-,15-14+,21-7+. The lowest BCUT2D eigenvalue weighted by molar-refractivity contribution is -0.125. The lowest BCUT2D eigenvalue weighted by Crippen LogP contribution is -2.37. The average Bonchev–Trinajstić information content (AvgIpc) is 3.32. The van der Waals surface area contributed by atoms with Crippen LogP contribution in [0.2, 0.25) is 0 Å². The molecule has 10 heteroatoms. The molecule has 1 aliphatic rings. The van der Waals surface area contributed by atoms with E-state index in [1.807, 2.05) is 6.92 Å².